The number of amides is 1. The van der Waals surface area contributed by atoms with E-state index in [2.05, 4.69) is 4.93 Å². The number of benzene rings is 1. The van der Waals surface area contributed by atoms with Gasteiger partial charge in [0.15, 0.2) is 0 Å². The van der Waals surface area contributed by atoms with Crippen LogP contribution >= 0.6 is 0 Å². The first-order valence-electron chi connectivity index (χ1n) is 4.58. The fraction of sp³-hybridized carbons (Fsp3) is 0.364. The SMILES string of the molecule is CCN([I-]C)C(=O)c1ccccc1C. The molecule has 0 saturated heterocycles. The van der Waals surface area contributed by atoms with Crippen LogP contribution in [0.15, 0.2) is 24.3 Å². The summed E-state index contributed by atoms with van der Waals surface area (Å²) in [5, 5.41) is 0. The van der Waals surface area contributed by atoms with Gasteiger partial charge in [-0.25, -0.2) is 0 Å². The molecule has 0 fully saturated rings. The van der Waals surface area contributed by atoms with Crippen molar-refractivity contribution < 1.29 is 26.3 Å². The Morgan fingerprint density at radius 1 is 1.43 bits per heavy atom. The number of hydrogen-bond donors (Lipinski definition) is 0. The standard InChI is InChI=1S/C11H15INO/c1-4-13(12-3)11(14)10-8-6-5-7-9(10)2/h5-8H,4H2,1-3H3/q-1. The van der Waals surface area contributed by atoms with Crippen LogP contribution in [0.5, 0.6) is 0 Å². The number of halogens is 1. The van der Waals surface area contributed by atoms with Gasteiger partial charge < -0.3 is 0 Å². The molecule has 1 rings (SSSR count). The van der Waals surface area contributed by atoms with Crippen LogP contribution < -0.4 is 21.5 Å². The fourth-order valence-corrected chi connectivity index (χ4v) is 2.66. The number of hydrogen-bond acceptors (Lipinski definition) is 1. The Morgan fingerprint density at radius 3 is 2.57 bits per heavy atom. The predicted octanol–water partition coefficient (Wildman–Crippen LogP) is -0.909. The molecule has 0 unspecified atom stereocenters. The van der Waals surface area contributed by atoms with Crippen LogP contribution in [-0.2, 0) is 0 Å². The average Bonchev–Trinajstić information content (AvgIpc) is 2.20. The number of carbonyl (C=O) groups excluding carboxylic acids is 1. The van der Waals surface area contributed by atoms with Crippen LogP contribution in [0, 0.1) is 6.92 Å². The number of carbonyl (C=O) groups is 1. The molecule has 0 spiro atoms. The summed E-state index contributed by atoms with van der Waals surface area (Å²) >= 11 is -0.154. The van der Waals surface area contributed by atoms with Gasteiger partial charge in [-0.1, -0.05) is 0 Å². The van der Waals surface area contributed by atoms with E-state index in [4.69, 9.17) is 0 Å². The molecular formula is C11H15INO-. The van der Waals surface area contributed by atoms with Crippen molar-refractivity contribution in [3.63, 3.8) is 0 Å². The van der Waals surface area contributed by atoms with Gasteiger partial charge in [0.1, 0.15) is 0 Å². The third kappa shape index (κ3) is 2.47. The maximum absolute atomic E-state index is 12.0. The molecule has 2 nitrogen and oxygen atoms in total. The average molecular weight is 304 g/mol. The van der Waals surface area contributed by atoms with E-state index in [1.807, 2.05) is 41.2 Å². The van der Waals surface area contributed by atoms with Crippen LogP contribution in [0.3, 0.4) is 0 Å². The molecule has 1 amide bonds. The topological polar surface area (TPSA) is 20.3 Å². The van der Waals surface area contributed by atoms with Gasteiger partial charge in [0.25, 0.3) is 0 Å². The Kier molecular flexibility index (Phi) is 4.38. The van der Waals surface area contributed by atoms with Gasteiger partial charge in [0, 0.05) is 0 Å². The van der Waals surface area contributed by atoms with Crippen LogP contribution in [0.1, 0.15) is 22.8 Å². The van der Waals surface area contributed by atoms with Gasteiger partial charge in [-0.05, 0) is 0 Å². The van der Waals surface area contributed by atoms with Crippen LogP contribution in [0.25, 0.3) is 0 Å². The molecule has 0 radical (unpaired) electrons. The van der Waals surface area contributed by atoms with Crippen molar-refractivity contribution in [1.82, 2.24) is 3.11 Å². The molecule has 78 valence electrons. The first kappa shape index (κ1) is 11.5. The Labute approximate surface area is 95.9 Å². The molecule has 0 bridgehead atoms. The van der Waals surface area contributed by atoms with Crippen molar-refractivity contribution in [3.05, 3.63) is 35.4 Å². The second-order valence-electron chi connectivity index (χ2n) is 2.97. The van der Waals surface area contributed by atoms with E-state index in [1.54, 1.807) is 0 Å². The minimum atomic E-state index is -0.154. The normalized spacial score (nSPS) is 10.2. The Morgan fingerprint density at radius 2 is 2.07 bits per heavy atom. The summed E-state index contributed by atoms with van der Waals surface area (Å²) in [6.45, 7) is 4.82. The fourth-order valence-electron chi connectivity index (χ4n) is 1.28. The molecule has 3 heteroatoms. The summed E-state index contributed by atoms with van der Waals surface area (Å²) in [5.74, 6) is 0.181. The van der Waals surface area contributed by atoms with Crippen molar-refractivity contribution in [2.24, 2.45) is 0 Å². The van der Waals surface area contributed by atoms with Crippen molar-refractivity contribution in [1.29, 1.82) is 0 Å². The number of nitrogens with zero attached hydrogens (tertiary/aromatic N) is 1. The first-order valence-corrected chi connectivity index (χ1v) is 7.70. The van der Waals surface area contributed by atoms with E-state index in [1.165, 1.54) is 0 Å². The summed E-state index contributed by atoms with van der Waals surface area (Å²) in [7, 11) is 0. The molecular weight excluding hydrogens is 289 g/mol. The molecule has 0 aliphatic rings. The van der Waals surface area contributed by atoms with Crippen molar-refractivity contribution in [2.75, 3.05) is 11.5 Å². The van der Waals surface area contributed by atoms with Gasteiger partial charge in [-0.2, -0.15) is 0 Å². The molecule has 0 aliphatic carbocycles. The van der Waals surface area contributed by atoms with E-state index in [0.717, 1.165) is 17.7 Å². The summed E-state index contributed by atoms with van der Waals surface area (Å²) in [5.41, 5.74) is 1.91. The molecule has 0 aliphatic heterocycles. The molecule has 14 heavy (non-hydrogen) atoms. The number of rotatable bonds is 3. The molecule has 0 heterocycles. The summed E-state index contributed by atoms with van der Waals surface area (Å²) in [6.07, 6.45) is 0. The summed E-state index contributed by atoms with van der Waals surface area (Å²) in [4.78, 5) is 14.1. The maximum atomic E-state index is 12.0. The zero-order valence-corrected chi connectivity index (χ0v) is 10.9. The van der Waals surface area contributed by atoms with Gasteiger partial charge >= 0.3 is 96.0 Å². The minimum absolute atomic E-state index is 0.154. The van der Waals surface area contributed by atoms with E-state index in [9.17, 15) is 4.79 Å². The van der Waals surface area contributed by atoms with E-state index < -0.39 is 0 Å². The van der Waals surface area contributed by atoms with Gasteiger partial charge in [-0.15, -0.1) is 0 Å². The quantitative estimate of drug-likeness (QED) is 0.402. The second-order valence-corrected chi connectivity index (χ2v) is 5.10. The van der Waals surface area contributed by atoms with Crippen molar-refractivity contribution >= 4 is 5.91 Å². The number of aryl methyl sites for hydroxylation is 1. The Hall–Kier alpha value is -0.580. The monoisotopic (exact) mass is 304 g/mol. The zero-order valence-electron chi connectivity index (χ0n) is 8.75. The number of alkyl halides is 1. The van der Waals surface area contributed by atoms with Crippen molar-refractivity contribution in [3.8, 4) is 0 Å². The third-order valence-corrected chi connectivity index (χ3v) is 4.36. The van der Waals surface area contributed by atoms with Gasteiger partial charge in [0.05, 0.1) is 0 Å². The second kappa shape index (κ2) is 5.34. The Bertz CT molecular complexity index is 321. The van der Waals surface area contributed by atoms with E-state index >= 15 is 0 Å². The van der Waals surface area contributed by atoms with Crippen LogP contribution in [0.4, 0.5) is 0 Å². The van der Waals surface area contributed by atoms with Crippen LogP contribution in [-0.4, -0.2) is 20.5 Å². The molecule has 1 aromatic rings. The third-order valence-electron chi connectivity index (χ3n) is 2.08. The van der Waals surface area contributed by atoms with E-state index in [0.29, 0.717) is 0 Å². The van der Waals surface area contributed by atoms with Gasteiger partial charge in [-0.3, -0.25) is 0 Å². The predicted molar refractivity (Wildman–Crippen MR) is 53.8 cm³/mol. The molecule has 0 N–H and O–H groups in total. The Balaban J connectivity index is 2.94. The first-order chi connectivity index (χ1) is 6.70. The molecule has 0 atom stereocenters. The zero-order chi connectivity index (χ0) is 10.6. The molecule has 0 aromatic heterocycles. The molecule has 1 aromatic carbocycles. The summed E-state index contributed by atoms with van der Waals surface area (Å²) < 4.78 is 1.95. The van der Waals surface area contributed by atoms with Crippen molar-refractivity contribution in [2.45, 2.75) is 13.8 Å². The van der Waals surface area contributed by atoms with E-state index in [-0.39, 0.29) is 27.4 Å². The van der Waals surface area contributed by atoms with Crippen LogP contribution in [0.2, 0.25) is 0 Å². The van der Waals surface area contributed by atoms with Gasteiger partial charge in [0.2, 0.25) is 0 Å². The molecule has 0 saturated carbocycles. The summed E-state index contributed by atoms with van der Waals surface area (Å²) in [6, 6.07) is 7.76.